The van der Waals surface area contributed by atoms with Crippen LogP contribution in [0, 0.1) is 0 Å². The van der Waals surface area contributed by atoms with Gasteiger partial charge in [-0.2, -0.15) is 0 Å². The van der Waals surface area contributed by atoms with E-state index in [4.69, 9.17) is 9.94 Å². The van der Waals surface area contributed by atoms with Crippen molar-refractivity contribution in [1.29, 1.82) is 0 Å². The van der Waals surface area contributed by atoms with E-state index in [2.05, 4.69) is 47.1 Å². The number of hydrogen-bond donors (Lipinski definition) is 4. The average Bonchev–Trinajstić information content (AvgIpc) is 2.58. The number of phenols is 1. The molecule has 29 heavy (non-hydrogen) atoms. The molecule has 2 aromatic carbocycles. The Hall–Kier alpha value is -2.15. The molecular formula is C17H17Br2N3O6S. The Labute approximate surface area is 184 Å². The molecule has 156 valence electrons. The largest absolute Gasteiger partial charge is 0.507 e. The Morgan fingerprint density at radius 2 is 1.83 bits per heavy atom. The highest BCUT2D eigenvalue weighted by molar-refractivity contribution is 9.11. The third-order valence-corrected chi connectivity index (χ3v) is 6.14. The van der Waals surface area contributed by atoms with E-state index < -0.39 is 21.7 Å². The van der Waals surface area contributed by atoms with Gasteiger partial charge in [-0.05, 0) is 70.0 Å². The van der Waals surface area contributed by atoms with E-state index in [0.717, 1.165) is 0 Å². The molecule has 0 saturated heterocycles. The maximum absolute atomic E-state index is 12.4. The summed E-state index contributed by atoms with van der Waals surface area (Å²) in [5.41, 5.74) is 0.385. The van der Waals surface area contributed by atoms with E-state index in [1.54, 1.807) is 26.0 Å². The lowest BCUT2D eigenvalue weighted by Gasteiger charge is -2.15. The second kappa shape index (κ2) is 9.57. The average molecular weight is 551 g/mol. The molecule has 0 aliphatic heterocycles. The van der Waals surface area contributed by atoms with Crippen LogP contribution < -0.4 is 14.8 Å². The quantitative estimate of drug-likeness (QED) is 0.235. The van der Waals surface area contributed by atoms with Gasteiger partial charge in [0, 0.05) is 17.8 Å². The summed E-state index contributed by atoms with van der Waals surface area (Å²) in [7, 11) is -3.93. The normalized spacial score (nSPS) is 11.8. The van der Waals surface area contributed by atoms with Crippen LogP contribution in [-0.2, 0) is 14.8 Å². The predicted molar refractivity (Wildman–Crippen MR) is 114 cm³/mol. The number of amides is 1. The SMILES string of the molecule is CC(C)NS(=O)(=O)c1cc(Oc2c(Br)cc(NC(=O)/C=N/O)cc2Br)ccc1O. The summed E-state index contributed by atoms with van der Waals surface area (Å²) < 4.78 is 33.8. The van der Waals surface area contributed by atoms with Crippen molar-refractivity contribution in [3.8, 4) is 17.2 Å². The van der Waals surface area contributed by atoms with Gasteiger partial charge in [0.15, 0.2) is 5.75 Å². The van der Waals surface area contributed by atoms with Crippen molar-refractivity contribution in [1.82, 2.24) is 4.72 Å². The molecule has 1 amide bonds. The van der Waals surface area contributed by atoms with Crippen molar-refractivity contribution in [3.63, 3.8) is 0 Å². The molecule has 2 rings (SSSR count). The molecule has 0 bridgehead atoms. The highest BCUT2D eigenvalue weighted by Gasteiger charge is 2.21. The number of phenolic OH excluding ortho intramolecular Hbond substituents is 1. The number of hydrogen-bond acceptors (Lipinski definition) is 7. The van der Waals surface area contributed by atoms with E-state index in [1.807, 2.05) is 0 Å². The summed E-state index contributed by atoms with van der Waals surface area (Å²) in [6.45, 7) is 3.33. The number of halogens is 2. The van der Waals surface area contributed by atoms with Gasteiger partial charge in [0.25, 0.3) is 5.91 Å². The zero-order valence-corrected chi connectivity index (χ0v) is 19.2. The fraction of sp³-hybridized carbons (Fsp3) is 0.176. The number of oxime groups is 1. The molecule has 0 aromatic heterocycles. The topological polar surface area (TPSA) is 137 Å². The Morgan fingerprint density at radius 1 is 1.21 bits per heavy atom. The van der Waals surface area contributed by atoms with E-state index in [9.17, 15) is 18.3 Å². The maximum Gasteiger partial charge on any atom is 0.270 e. The van der Waals surface area contributed by atoms with Crippen LogP contribution in [0.5, 0.6) is 17.2 Å². The van der Waals surface area contributed by atoms with Crippen LogP contribution in [0.15, 0.2) is 49.3 Å². The highest BCUT2D eigenvalue weighted by Crippen LogP contribution is 2.40. The maximum atomic E-state index is 12.4. The number of carbonyl (C=O) groups excluding carboxylic acids is 1. The third kappa shape index (κ3) is 6.16. The van der Waals surface area contributed by atoms with Gasteiger partial charge in [-0.3, -0.25) is 4.79 Å². The van der Waals surface area contributed by atoms with Crippen molar-refractivity contribution in [2.75, 3.05) is 5.32 Å². The van der Waals surface area contributed by atoms with Crippen LogP contribution in [0.1, 0.15) is 13.8 Å². The van der Waals surface area contributed by atoms with Gasteiger partial charge >= 0.3 is 0 Å². The molecule has 4 N–H and O–H groups in total. The number of nitrogens with one attached hydrogen (secondary N) is 2. The number of ether oxygens (including phenoxy) is 1. The van der Waals surface area contributed by atoms with Gasteiger partial charge in [-0.15, -0.1) is 0 Å². The zero-order valence-electron chi connectivity index (χ0n) is 15.2. The van der Waals surface area contributed by atoms with E-state index >= 15 is 0 Å². The summed E-state index contributed by atoms with van der Waals surface area (Å²) in [6, 6.07) is 6.56. The summed E-state index contributed by atoms with van der Waals surface area (Å²) in [5, 5.41) is 23.5. The molecule has 0 aliphatic rings. The lowest BCUT2D eigenvalue weighted by molar-refractivity contribution is -0.110. The predicted octanol–water partition coefficient (Wildman–Crippen LogP) is 3.79. The summed E-state index contributed by atoms with van der Waals surface area (Å²) >= 11 is 6.64. The number of aromatic hydroxyl groups is 1. The molecule has 0 atom stereocenters. The molecule has 0 radical (unpaired) electrons. The first-order valence-corrected chi connectivity index (χ1v) is 11.1. The van der Waals surface area contributed by atoms with Crippen LogP contribution in [0.25, 0.3) is 0 Å². The van der Waals surface area contributed by atoms with E-state index in [-0.39, 0.29) is 16.7 Å². The van der Waals surface area contributed by atoms with Crippen LogP contribution >= 0.6 is 31.9 Å². The second-order valence-corrected chi connectivity index (χ2v) is 9.40. The van der Waals surface area contributed by atoms with Gasteiger partial charge in [0.2, 0.25) is 10.0 Å². The Morgan fingerprint density at radius 3 is 2.38 bits per heavy atom. The Bertz CT molecular complexity index is 1030. The number of carbonyl (C=O) groups is 1. The smallest absolute Gasteiger partial charge is 0.270 e. The van der Waals surface area contributed by atoms with E-state index in [0.29, 0.717) is 26.6 Å². The summed E-state index contributed by atoms with van der Waals surface area (Å²) in [5.74, 6) is -0.569. The number of nitrogens with zero attached hydrogens (tertiary/aromatic N) is 1. The second-order valence-electron chi connectivity index (χ2n) is 6.01. The first-order valence-electron chi connectivity index (χ1n) is 8.04. The fourth-order valence-electron chi connectivity index (χ4n) is 2.22. The molecule has 0 unspecified atom stereocenters. The number of anilines is 1. The summed E-state index contributed by atoms with van der Waals surface area (Å²) in [4.78, 5) is 11.2. The minimum Gasteiger partial charge on any atom is -0.507 e. The van der Waals surface area contributed by atoms with Crippen molar-refractivity contribution in [2.45, 2.75) is 24.8 Å². The van der Waals surface area contributed by atoms with Gasteiger partial charge in [0.1, 0.15) is 22.6 Å². The standard InChI is InChI=1S/C17H17Br2N3O6S/c1-9(2)22-29(26,27)15-7-11(3-4-14(15)23)28-17-12(18)5-10(6-13(17)19)21-16(24)8-20-25/h3-9,22-23,25H,1-2H3,(H,21,24)/b20-8+. The number of sulfonamides is 1. The lowest BCUT2D eigenvalue weighted by Crippen LogP contribution is -2.30. The number of benzene rings is 2. The molecule has 12 heteroatoms. The van der Waals surface area contributed by atoms with Crippen molar-refractivity contribution in [2.24, 2.45) is 5.16 Å². The zero-order chi connectivity index (χ0) is 21.8. The minimum atomic E-state index is -3.93. The van der Waals surface area contributed by atoms with Gasteiger partial charge in [0.05, 0.1) is 8.95 Å². The highest BCUT2D eigenvalue weighted by atomic mass is 79.9. The van der Waals surface area contributed by atoms with Gasteiger partial charge in [-0.25, -0.2) is 13.1 Å². The minimum absolute atomic E-state index is 0.164. The molecular weight excluding hydrogens is 534 g/mol. The molecule has 0 spiro atoms. The Balaban J connectivity index is 2.35. The first-order chi connectivity index (χ1) is 13.5. The fourth-order valence-corrected chi connectivity index (χ4v) is 4.93. The molecule has 9 nitrogen and oxygen atoms in total. The monoisotopic (exact) mass is 549 g/mol. The molecule has 0 aliphatic carbocycles. The van der Waals surface area contributed by atoms with Crippen LogP contribution in [0.3, 0.4) is 0 Å². The van der Waals surface area contributed by atoms with E-state index in [1.165, 1.54) is 18.2 Å². The molecule has 0 heterocycles. The van der Waals surface area contributed by atoms with Crippen LogP contribution in [0.4, 0.5) is 5.69 Å². The van der Waals surface area contributed by atoms with Crippen molar-refractivity contribution in [3.05, 3.63) is 39.3 Å². The number of rotatable bonds is 7. The third-order valence-electron chi connectivity index (χ3n) is 3.27. The van der Waals surface area contributed by atoms with Crippen molar-refractivity contribution < 1.29 is 28.3 Å². The Kier molecular flexibility index (Phi) is 7.63. The molecule has 2 aromatic rings. The summed E-state index contributed by atoms with van der Waals surface area (Å²) in [6.07, 6.45) is 0.704. The van der Waals surface area contributed by atoms with Crippen LogP contribution in [-0.4, -0.2) is 36.9 Å². The van der Waals surface area contributed by atoms with Crippen molar-refractivity contribution >= 4 is 59.7 Å². The lowest BCUT2D eigenvalue weighted by atomic mass is 10.3. The first kappa shape index (κ1) is 23.1. The van der Waals surface area contributed by atoms with Crippen LogP contribution in [0.2, 0.25) is 0 Å². The molecule has 0 saturated carbocycles. The van der Waals surface area contributed by atoms with Gasteiger partial charge in [-0.1, -0.05) is 5.16 Å². The van der Waals surface area contributed by atoms with Gasteiger partial charge < -0.3 is 20.4 Å². The molecule has 0 fully saturated rings.